The van der Waals surface area contributed by atoms with Gasteiger partial charge in [0.05, 0.1) is 22.6 Å². The first-order valence-corrected chi connectivity index (χ1v) is 22.7. The normalized spacial score (nSPS) is 11.3. The first kappa shape index (κ1) is 39.6. The summed E-state index contributed by atoms with van der Waals surface area (Å²) < 4.78 is 2.16. The minimum Gasteiger partial charge on any atom is -0.231 e. The molecule has 314 valence electrons. The predicted octanol–water partition coefficient (Wildman–Crippen LogP) is 16.3. The van der Waals surface area contributed by atoms with Crippen LogP contribution >= 0.6 is 0 Å². The first-order valence-electron chi connectivity index (χ1n) is 22.7. The second-order valence-corrected chi connectivity index (χ2v) is 16.9. The average molecular weight is 855 g/mol. The Morgan fingerprint density at radius 2 is 0.731 bits per heavy atom. The summed E-state index contributed by atoms with van der Waals surface area (Å²) in [6.45, 7) is 0. The molecule has 67 heavy (non-hydrogen) atoms. The summed E-state index contributed by atoms with van der Waals surface area (Å²) in [6, 6.07) is 89.9. The Balaban J connectivity index is 1.04. The zero-order valence-electron chi connectivity index (χ0n) is 36.5. The summed E-state index contributed by atoms with van der Waals surface area (Å²) in [5.74, 6) is 0.662. The van der Waals surface area contributed by atoms with Crippen molar-refractivity contribution in [2.75, 3.05) is 0 Å². The maximum Gasteiger partial charge on any atom is 0.160 e. The summed E-state index contributed by atoms with van der Waals surface area (Å²) in [4.78, 5) is 10.7. The van der Waals surface area contributed by atoms with E-state index in [2.05, 4.69) is 253 Å². The van der Waals surface area contributed by atoms with Gasteiger partial charge >= 0.3 is 0 Å². The molecule has 0 atom stereocenters. The molecular weight excluding hydrogens is 813 g/mol. The van der Waals surface area contributed by atoms with E-state index in [1.807, 2.05) is 6.07 Å². The fourth-order valence-electron chi connectivity index (χ4n) is 9.30. The average Bonchev–Trinajstić information content (AvgIpc) is 3.83. The predicted molar refractivity (Wildman–Crippen MR) is 277 cm³/mol. The highest BCUT2D eigenvalue weighted by atomic mass is 15.2. The number of fused-ring (bicyclic) bond motifs is 3. The van der Waals surface area contributed by atoms with Crippen LogP contribution in [-0.4, -0.2) is 19.6 Å². The standard InChI is InChI=1S/C63H42N4/c1-7-20-43(21-8-1)53-37-54(44-22-9-2-10-23-44)39-55(38-53)58-42-57(45-24-11-3-12-25-45)64-63(65-58)52-33-19-32-49(36-52)50-34-35-51-41-59(46-26-13-4-14-27-46)67-62(56(51)40-50)60(47-28-15-5-16-29-47)61(66-67)48-30-17-6-18-31-48/h1-42H. The first-order chi connectivity index (χ1) is 33.2. The van der Waals surface area contributed by atoms with Crippen LogP contribution in [0.2, 0.25) is 0 Å². The fourth-order valence-corrected chi connectivity index (χ4v) is 9.30. The number of pyridine rings is 1. The van der Waals surface area contributed by atoms with Gasteiger partial charge in [-0.05, 0) is 86.8 Å². The Hall–Kier alpha value is -8.99. The minimum absolute atomic E-state index is 0.662. The molecule has 0 unspecified atom stereocenters. The number of rotatable bonds is 9. The van der Waals surface area contributed by atoms with Gasteiger partial charge in [0.2, 0.25) is 0 Å². The monoisotopic (exact) mass is 854 g/mol. The summed E-state index contributed by atoms with van der Waals surface area (Å²) in [6.07, 6.45) is 0. The lowest BCUT2D eigenvalue weighted by molar-refractivity contribution is 0.979. The molecule has 0 saturated carbocycles. The van der Waals surface area contributed by atoms with Crippen molar-refractivity contribution in [1.29, 1.82) is 0 Å². The molecule has 4 heteroatoms. The SMILES string of the molecule is c1ccc(-c2cc(-c3ccccc3)cc(-c3cc(-c4ccccc4)nc(-c4cccc(-c5ccc6cc(-c7ccccc7)n7nc(-c8ccccc8)c(-c8ccccc8)c7c6c5)c4)n3)c2)cc1. The summed E-state index contributed by atoms with van der Waals surface area (Å²) in [5.41, 5.74) is 18.9. The van der Waals surface area contributed by atoms with Crippen molar-refractivity contribution in [2.24, 2.45) is 0 Å². The van der Waals surface area contributed by atoms with E-state index in [4.69, 9.17) is 15.1 Å². The summed E-state index contributed by atoms with van der Waals surface area (Å²) in [7, 11) is 0. The van der Waals surface area contributed by atoms with E-state index in [1.165, 1.54) is 0 Å². The smallest absolute Gasteiger partial charge is 0.160 e. The molecule has 0 spiro atoms. The van der Waals surface area contributed by atoms with Gasteiger partial charge in [0, 0.05) is 38.8 Å². The van der Waals surface area contributed by atoms with Crippen LogP contribution in [0.25, 0.3) is 117 Å². The van der Waals surface area contributed by atoms with Gasteiger partial charge in [0.25, 0.3) is 0 Å². The van der Waals surface area contributed by atoms with E-state index in [0.717, 1.165) is 111 Å². The van der Waals surface area contributed by atoms with Crippen molar-refractivity contribution in [3.05, 3.63) is 255 Å². The third kappa shape index (κ3) is 7.67. The zero-order chi connectivity index (χ0) is 44.5. The molecule has 0 N–H and O–H groups in total. The second-order valence-electron chi connectivity index (χ2n) is 16.9. The molecule has 0 saturated heterocycles. The lowest BCUT2D eigenvalue weighted by atomic mass is 9.94. The third-order valence-corrected chi connectivity index (χ3v) is 12.6. The van der Waals surface area contributed by atoms with Crippen molar-refractivity contribution >= 4 is 16.3 Å². The molecule has 3 aromatic heterocycles. The number of aromatic nitrogens is 4. The van der Waals surface area contributed by atoms with Crippen molar-refractivity contribution in [2.45, 2.75) is 0 Å². The highest BCUT2D eigenvalue weighted by Crippen LogP contribution is 2.42. The van der Waals surface area contributed by atoms with Gasteiger partial charge in [0.15, 0.2) is 5.82 Å². The molecule has 9 aromatic carbocycles. The lowest BCUT2D eigenvalue weighted by Gasteiger charge is -2.14. The Labute approximate surface area is 389 Å². The van der Waals surface area contributed by atoms with Crippen molar-refractivity contribution in [1.82, 2.24) is 19.6 Å². The minimum atomic E-state index is 0.662. The number of hydrogen-bond acceptors (Lipinski definition) is 3. The lowest BCUT2D eigenvalue weighted by Crippen LogP contribution is -1.97. The molecule has 4 nitrogen and oxygen atoms in total. The molecule has 0 aliphatic carbocycles. The molecule has 12 rings (SSSR count). The van der Waals surface area contributed by atoms with Crippen LogP contribution in [0.15, 0.2) is 255 Å². The van der Waals surface area contributed by atoms with Gasteiger partial charge in [-0.15, -0.1) is 0 Å². The Bertz CT molecular complexity index is 3640. The topological polar surface area (TPSA) is 43.1 Å². The number of hydrogen-bond donors (Lipinski definition) is 0. The van der Waals surface area contributed by atoms with Crippen LogP contribution in [0.1, 0.15) is 0 Å². The van der Waals surface area contributed by atoms with E-state index < -0.39 is 0 Å². The van der Waals surface area contributed by atoms with Crippen LogP contribution < -0.4 is 0 Å². The molecule has 0 bridgehead atoms. The summed E-state index contributed by atoms with van der Waals surface area (Å²) in [5, 5.41) is 7.71. The van der Waals surface area contributed by atoms with Crippen LogP contribution in [0.5, 0.6) is 0 Å². The molecule has 0 amide bonds. The third-order valence-electron chi connectivity index (χ3n) is 12.6. The molecular formula is C63H42N4. The molecule has 0 radical (unpaired) electrons. The van der Waals surface area contributed by atoms with E-state index >= 15 is 0 Å². The maximum atomic E-state index is 5.45. The molecule has 3 heterocycles. The quantitative estimate of drug-likeness (QED) is 0.145. The maximum absolute atomic E-state index is 5.45. The summed E-state index contributed by atoms with van der Waals surface area (Å²) >= 11 is 0. The molecule has 0 aliphatic heterocycles. The van der Waals surface area contributed by atoms with Crippen LogP contribution in [0.4, 0.5) is 0 Å². The van der Waals surface area contributed by atoms with E-state index in [9.17, 15) is 0 Å². The highest BCUT2D eigenvalue weighted by Gasteiger charge is 2.22. The Kier molecular flexibility index (Phi) is 10.2. The largest absolute Gasteiger partial charge is 0.231 e. The number of benzene rings is 9. The van der Waals surface area contributed by atoms with Gasteiger partial charge in [0.1, 0.15) is 5.69 Å². The zero-order valence-corrected chi connectivity index (χ0v) is 36.5. The van der Waals surface area contributed by atoms with Crippen LogP contribution in [0.3, 0.4) is 0 Å². The van der Waals surface area contributed by atoms with Crippen molar-refractivity contribution in [3.8, 4) is 101 Å². The van der Waals surface area contributed by atoms with E-state index in [0.29, 0.717) is 5.82 Å². The van der Waals surface area contributed by atoms with Gasteiger partial charge in [-0.25, -0.2) is 14.5 Å². The molecule has 0 fully saturated rings. The van der Waals surface area contributed by atoms with Crippen molar-refractivity contribution in [3.63, 3.8) is 0 Å². The Morgan fingerprint density at radius 3 is 1.33 bits per heavy atom. The van der Waals surface area contributed by atoms with Gasteiger partial charge in [-0.2, -0.15) is 5.10 Å². The second kappa shape index (κ2) is 17.2. The Morgan fingerprint density at radius 1 is 0.284 bits per heavy atom. The van der Waals surface area contributed by atoms with Crippen LogP contribution in [-0.2, 0) is 0 Å². The van der Waals surface area contributed by atoms with Gasteiger partial charge in [-0.3, -0.25) is 0 Å². The number of nitrogens with zero attached hydrogens (tertiary/aromatic N) is 4. The van der Waals surface area contributed by atoms with Crippen molar-refractivity contribution < 1.29 is 0 Å². The van der Waals surface area contributed by atoms with Crippen LogP contribution in [0, 0.1) is 0 Å². The van der Waals surface area contributed by atoms with Gasteiger partial charge < -0.3 is 0 Å². The van der Waals surface area contributed by atoms with Gasteiger partial charge in [-0.1, -0.05) is 212 Å². The fraction of sp³-hybridized carbons (Fsp3) is 0. The van der Waals surface area contributed by atoms with E-state index in [1.54, 1.807) is 0 Å². The highest BCUT2D eigenvalue weighted by molar-refractivity contribution is 6.09. The molecule has 0 aliphatic rings. The molecule has 12 aromatic rings. The van der Waals surface area contributed by atoms with E-state index in [-0.39, 0.29) is 0 Å².